The average molecular weight is 221 g/mol. The molecular weight excluding hydrogens is 198 g/mol. The van der Waals surface area contributed by atoms with Crippen molar-refractivity contribution in [1.29, 1.82) is 0 Å². The fourth-order valence-electron chi connectivity index (χ4n) is 2.63. The van der Waals surface area contributed by atoms with Gasteiger partial charge in [0.05, 0.1) is 0 Å². The van der Waals surface area contributed by atoms with E-state index in [-0.39, 0.29) is 0 Å². The molecular formula is C13H23N3. The highest BCUT2D eigenvalue weighted by Crippen LogP contribution is 2.25. The number of hydrogen-bond acceptors (Lipinski definition) is 2. The van der Waals surface area contributed by atoms with Gasteiger partial charge in [0.15, 0.2) is 0 Å². The first-order valence-corrected chi connectivity index (χ1v) is 6.55. The Bertz CT molecular complexity index is 311. The van der Waals surface area contributed by atoms with Crippen molar-refractivity contribution in [3.8, 4) is 0 Å². The zero-order chi connectivity index (χ0) is 11.4. The highest BCUT2D eigenvalue weighted by molar-refractivity contribution is 4.95. The zero-order valence-electron chi connectivity index (χ0n) is 10.2. The van der Waals surface area contributed by atoms with Crippen LogP contribution in [0.2, 0.25) is 0 Å². The van der Waals surface area contributed by atoms with E-state index in [0.29, 0.717) is 6.04 Å². The Morgan fingerprint density at radius 1 is 1.38 bits per heavy atom. The summed E-state index contributed by atoms with van der Waals surface area (Å²) in [5.74, 6) is 2.07. The van der Waals surface area contributed by atoms with Gasteiger partial charge in [-0.15, -0.1) is 0 Å². The molecule has 3 nitrogen and oxygen atoms in total. The standard InChI is InChI=1S/C13H23N3/c1-2-8-16-9-7-15-13(16)10-11-3-5-12(14)6-4-11/h7,9,11-12H,2-6,8,10,14H2,1H3. The molecule has 0 bridgehead atoms. The predicted molar refractivity (Wildman–Crippen MR) is 66.2 cm³/mol. The van der Waals surface area contributed by atoms with Gasteiger partial charge in [-0.3, -0.25) is 0 Å². The molecule has 16 heavy (non-hydrogen) atoms. The number of nitrogens with zero attached hydrogens (tertiary/aromatic N) is 2. The van der Waals surface area contributed by atoms with Gasteiger partial charge in [0.2, 0.25) is 0 Å². The van der Waals surface area contributed by atoms with Crippen molar-refractivity contribution >= 4 is 0 Å². The molecule has 1 aliphatic rings. The number of rotatable bonds is 4. The molecule has 0 amide bonds. The summed E-state index contributed by atoms with van der Waals surface area (Å²) < 4.78 is 2.30. The van der Waals surface area contributed by atoms with E-state index in [1.807, 2.05) is 6.20 Å². The van der Waals surface area contributed by atoms with Gasteiger partial charge in [-0.05, 0) is 38.0 Å². The summed E-state index contributed by atoms with van der Waals surface area (Å²) in [7, 11) is 0. The fourth-order valence-corrected chi connectivity index (χ4v) is 2.63. The van der Waals surface area contributed by atoms with Crippen LogP contribution < -0.4 is 5.73 Å². The summed E-state index contributed by atoms with van der Waals surface area (Å²) in [6.45, 7) is 3.31. The number of imidazole rings is 1. The van der Waals surface area contributed by atoms with Gasteiger partial charge >= 0.3 is 0 Å². The van der Waals surface area contributed by atoms with E-state index in [1.165, 1.54) is 37.9 Å². The van der Waals surface area contributed by atoms with Gasteiger partial charge in [0.25, 0.3) is 0 Å². The summed E-state index contributed by atoms with van der Waals surface area (Å²) in [5, 5.41) is 0. The van der Waals surface area contributed by atoms with Gasteiger partial charge < -0.3 is 10.3 Å². The van der Waals surface area contributed by atoms with Crippen LogP contribution in [0.1, 0.15) is 44.9 Å². The number of hydrogen-bond donors (Lipinski definition) is 1. The molecule has 2 N–H and O–H groups in total. The maximum absolute atomic E-state index is 5.93. The van der Waals surface area contributed by atoms with E-state index in [0.717, 1.165) is 18.9 Å². The van der Waals surface area contributed by atoms with E-state index in [2.05, 4.69) is 22.7 Å². The lowest BCUT2D eigenvalue weighted by atomic mass is 9.84. The third-order valence-corrected chi connectivity index (χ3v) is 3.63. The van der Waals surface area contributed by atoms with Crippen molar-refractivity contribution in [2.24, 2.45) is 11.7 Å². The smallest absolute Gasteiger partial charge is 0.108 e. The lowest BCUT2D eigenvalue weighted by Crippen LogP contribution is -2.27. The molecule has 1 aromatic rings. The fraction of sp³-hybridized carbons (Fsp3) is 0.769. The van der Waals surface area contributed by atoms with Crippen molar-refractivity contribution in [3.05, 3.63) is 18.2 Å². The third-order valence-electron chi connectivity index (χ3n) is 3.63. The van der Waals surface area contributed by atoms with Gasteiger partial charge in [-0.1, -0.05) is 6.92 Å². The van der Waals surface area contributed by atoms with Crippen LogP contribution in [-0.4, -0.2) is 15.6 Å². The maximum atomic E-state index is 5.93. The van der Waals surface area contributed by atoms with Crippen LogP contribution in [0.15, 0.2) is 12.4 Å². The number of aromatic nitrogens is 2. The maximum Gasteiger partial charge on any atom is 0.108 e. The van der Waals surface area contributed by atoms with Crippen LogP contribution in [0.3, 0.4) is 0 Å². The Kier molecular flexibility index (Phi) is 3.99. The molecule has 1 fully saturated rings. The first kappa shape index (κ1) is 11.6. The molecule has 0 saturated heterocycles. The Morgan fingerprint density at radius 2 is 2.12 bits per heavy atom. The van der Waals surface area contributed by atoms with Crippen LogP contribution in [0.4, 0.5) is 0 Å². The average Bonchev–Trinajstić information content (AvgIpc) is 2.70. The highest BCUT2D eigenvalue weighted by atomic mass is 15.1. The predicted octanol–water partition coefficient (Wildman–Crippen LogP) is 2.35. The van der Waals surface area contributed by atoms with E-state index in [1.54, 1.807) is 0 Å². The van der Waals surface area contributed by atoms with Crippen LogP contribution in [0.5, 0.6) is 0 Å². The molecule has 0 atom stereocenters. The van der Waals surface area contributed by atoms with Gasteiger partial charge in [-0.25, -0.2) is 4.98 Å². The van der Waals surface area contributed by atoms with Crippen LogP contribution in [0.25, 0.3) is 0 Å². The van der Waals surface area contributed by atoms with Crippen LogP contribution in [-0.2, 0) is 13.0 Å². The minimum atomic E-state index is 0.451. The monoisotopic (exact) mass is 221 g/mol. The lowest BCUT2D eigenvalue weighted by Gasteiger charge is -2.25. The first-order chi connectivity index (χ1) is 7.79. The molecule has 90 valence electrons. The summed E-state index contributed by atoms with van der Waals surface area (Å²) in [6, 6.07) is 0.451. The Balaban J connectivity index is 1.90. The highest BCUT2D eigenvalue weighted by Gasteiger charge is 2.20. The van der Waals surface area contributed by atoms with Crippen LogP contribution in [0, 0.1) is 5.92 Å². The Hall–Kier alpha value is -0.830. The second kappa shape index (κ2) is 5.48. The minimum Gasteiger partial charge on any atom is -0.335 e. The van der Waals surface area contributed by atoms with Crippen molar-refractivity contribution in [2.45, 2.75) is 58.0 Å². The molecule has 1 aromatic heterocycles. The molecule has 3 heteroatoms. The SMILES string of the molecule is CCCn1ccnc1CC1CCC(N)CC1. The molecule has 1 aliphatic carbocycles. The summed E-state index contributed by atoms with van der Waals surface area (Å²) in [4.78, 5) is 4.48. The van der Waals surface area contributed by atoms with E-state index in [4.69, 9.17) is 5.73 Å². The van der Waals surface area contributed by atoms with Crippen molar-refractivity contribution in [1.82, 2.24) is 9.55 Å². The number of aryl methyl sites for hydroxylation is 1. The summed E-state index contributed by atoms with van der Waals surface area (Å²) in [5.41, 5.74) is 5.93. The van der Waals surface area contributed by atoms with E-state index >= 15 is 0 Å². The summed E-state index contributed by atoms with van der Waals surface area (Å²) >= 11 is 0. The van der Waals surface area contributed by atoms with E-state index < -0.39 is 0 Å². The molecule has 0 spiro atoms. The lowest BCUT2D eigenvalue weighted by molar-refractivity contribution is 0.318. The molecule has 1 saturated carbocycles. The van der Waals surface area contributed by atoms with Crippen molar-refractivity contribution < 1.29 is 0 Å². The first-order valence-electron chi connectivity index (χ1n) is 6.55. The van der Waals surface area contributed by atoms with Crippen LogP contribution >= 0.6 is 0 Å². The molecule has 0 aliphatic heterocycles. The zero-order valence-corrected chi connectivity index (χ0v) is 10.2. The Labute approximate surface area is 98.1 Å². The molecule has 1 heterocycles. The second-order valence-corrected chi connectivity index (χ2v) is 5.02. The molecule has 0 aromatic carbocycles. The molecule has 0 radical (unpaired) electrons. The van der Waals surface area contributed by atoms with Gasteiger partial charge in [-0.2, -0.15) is 0 Å². The topological polar surface area (TPSA) is 43.8 Å². The molecule has 2 rings (SSSR count). The Morgan fingerprint density at radius 3 is 2.81 bits per heavy atom. The van der Waals surface area contributed by atoms with Gasteiger partial charge in [0, 0.05) is 31.4 Å². The molecule has 0 unspecified atom stereocenters. The quantitative estimate of drug-likeness (QED) is 0.848. The van der Waals surface area contributed by atoms with E-state index in [9.17, 15) is 0 Å². The van der Waals surface area contributed by atoms with Crippen molar-refractivity contribution in [3.63, 3.8) is 0 Å². The minimum absolute atomic E-state index is 0.451. The van der Waals surface area contributed by atoms with Crippen molar-refractivity contribution in [2.75, 3.05) is 0 Å². The largest absolute Gasteiger partial charge is 0.335 e. The summed E-state index contributed by atoms with van der Waals surface area (Å²) in [6.07, 6.45) is 11.3. The normalized spacial score (nSPS) is 25.9. The second-order valence-electron chi connectivity index (χ2n) is 5.02. The third kappa shape index (κ3) is 2.85. The van der Waals surface area contributed by atoms with Gasteiger partial charge in [0.1, 0.15) is 5.82 Å². The number of nitrogens with two attached hydrogens (primary N) is 1.